The number of alkyl halides is 3. The van der Waals surface area contributed by atoms with Gasteiger partial charge in [0.05, 0.1) is 11.1 Å². The number of ketones is 1. The number of carbonyl (C=O) groups is 2. The Balaban J connectivity index is 0.00000338. The lowest BCUT2D eigenvalue weighted by molar-refractivity contribution is -0.0690. The van der Waals surface area contributed by atoms with Crippen molar-refractivity contribution in [2.75, 3.05) is 0 Å². The standard InChI is InChI=1S/C17H9Cl2F3O3.ClH/c18-12-5-11(6-13(19)7-12)14(17(20,21)22)8-15(23)9-1-3-10(4-2-9)16(24)25;/h1-8H,(H,24,25);1H/p-1. The number of hydrogen-bond acceptors (Lipinski definition) is 2. The van der Waals surface area contributed by atoms with E-state index in [9.17, 15) is 22.8 Å². The fraction of sp³-hybridized carbons (Fsp3) is 0.0588. The summed E-state index contributed by atoms with van der Waals surface area (Å²) >= 11 is 11.5. The number of carbonyl (C=O) groups excluding carboxylic acids is 1. The topological polar surface area (TPSA) is 54.4 Å². The van der Waals surface area contributed by atoms with Crippen molar-refractivity contribution in [2.24, 2.45) is 0 Å². The predicted molar refractivity (Wildman–Crippen MR) is 88.2 cm³/mol. The van der Waals surface area contributed by atoms with Gasteiger partial charge in [0.15, 0.2) is 5.78 Å². The molecule has 138 valence electrons. The van der Waals surface area contributed by atoms with Crippen LogP contribution in [0.1, 0.15) is 26.3 Å². The Morgan fingerprint density at radius 2 is 1.35 bits per heavy atom. The van der Waals surface area contributed by atoms with Crippen LogP contribution in [0.15, 0.2) is 48.5 Å². The Hall–Kier alpha value is -2.02. The van der Waals surface area contributed by atoms with E-state index in [0.717, 1.165) is 36.4 Å². The van der Waals surface area contributed by atoms with Crippen molar-refractivity contribution in [3.8, 4) is 0 Å². The lowest BCUT2D eigenvalue weighted by Gasteiger charge is -2.13. The molecule has 0 radical (unpaired) electrons. The third-order valence-corrected chi connectivity index (χ3v) is 3.61. The second kappa shape index (κ2) is 8.58. The Labute approximate surface area is 162 Å². The van der Waals surface area contributed by atoms with Crippen LogP contribution in [-0.4, -0.2) is 23.0 Å². The molecule has 0 heterocycles. The molecule has 0 amide bonds. The summed E-state index contributed by atoms with van der Waals surface area (Å²) in [5.74, 6) is -2.14. The van der Waals surface area contributed by atoms with E-state index in [2.05, 4.69) is 0 Å². The number of carboxylic acids is 1. The van der Waals surface area contributed by atoms with Gasteiger partial charge in [-0.1, -0.05) is 35.3 Å². The summed E-state index contributed by atoms with van der Waals surface area (Å²) in [5, 5.41) is 8.79. The van der Waals surface area contributed by atoms with Crippen molar-refractivity contribution >= 4 is 40.5 Å². The zero-order chi connectivity index (χ0) is 18.8. The molecule has 0 aliphatic heterocycles. The van der Waals surface area contributed by atoms with Crippen LogP contribution in [0.25, 0.3) is 5.57 Å². The number of hydrogen-bond donors (Lipinski definition) is 1. The van der Waals surface area contributed by atoms with Crippen molar-refractivity contribution in [1.29, 1.82) is 0 Å². The minimum Gasteiger partial charge on any atom is -1.00 e. The lowest BCUT2D eigenvalue weighted by Crippen LogP contribution is -3.00. The highest BCUT2D eigenvalue weighted by atomic mass is 35.5. The number of carboxylic acid groups (broad SMARTS) is 1. The molecule has 9 heteroatoms. The zero-order valence-electron chi connectivity index (χ0n) is 12.7. The number of allylic oxidation sites excluding steroid dienone is 2. The van der Waals surface area contributed by atoms with Crippen molar-refractivity contribution < 1.29 is 40.3 Å². The van der Waals surface area contributed by atoms with Crippen LogP contribution in [0, 0.1) is 0 Å². The highest BCUT2D eigenvalue weighted by Crippen LogP contribution is 2.36. The van der Waals surface area contributed by atoms with Crippen LogP contribution >= 0.6 is 23.2 Å². The number of rotatable bonds is 4. The first-order valence-electron chi connectivity index (χ1n) is 6.71. The van der Waals surface area contributed by atoms with Crippen LogP contribution in [0.2, 0.25) is 10.0 Å². The van der Waals surface area contributed by atoms with Gasteiger partial charge in [0.1, 0.15) is 0 Å². The molecule has 0 saturated carbocycles. The molecule has 26 heavy (non-hydrogen) atoms. The van der Waals surface area contributed by atoms with Crippen LogP contribution in [0.3, 0.4) is 0 Å². The monoisotopic (exact) mass is 423 g/mol. The maximum Gasteiger partial charge on any atom is 0.417 e. The second-order valence-electron chi connectivity index (χ2n) is 4.96. The highest BCUT2D eigenvalue weighted by molar-refractivity contribution is 6.35. The van der Waals surface area contributed by atoms with Gasteiger partial charge in [0, 0.05) is 15.6 Å². The minimum absolute atomic E-state index is 0. The molecular weight excluding hydrogens is 416 g/mol. The number of aromatic carboxylic acids is 1. The van der Waals surface area contributed by atoms with Gasteiger partial charge in [-0.05, 0) is 42.0 Å². The predicted octanol–water partition coefficient (Wildman–Crippen LogP) is 2.52. The fourth-order valence-electron chi connectivity index (χ4n) is 2.03. The number of benzene rings is 2. The molecule has 2 aromatic rings. The minimum atomic E-state index is -4.81. The Bertz CT molecular complexity index is 840. The van der Waals surface area contributed by atoms with Gasteiger partial charge in [-0.25, -0.2) is 4.79 Å². The maximum atomic E-state index is 13.3. The van der Waals surface area contributed by atoms with E-state index in [-0.39, 0.29) is 39.1 Å². The van der Waals surface area contributed by atoms with Gasteiger partial charge in [-0.3, -0.25) is 4.79 Å². The zero-order valence-corrected chi connectivity index (χ0v) is 14.9. The summed E-state index contributed by atoms with van der Waals surface area (Å²) < 4.78 is 40.0. The van der Waals surface area contributed by atoms with Gasteiger partial charge >= 0.3 is 12.1 Å². The number of halogens is 6. The normalized spacial score (nSPS) is 11.7. The summed E-state index contributed by atoms with van der Waals surface area (Å²) in [6.07, 6.45) is -4.39. The van der Waals surface area contributed by atoms with Crippen LogP contribution < -0.4 is 12.4 Å². The van der Waals surface area contributed by atoms with Gasteiger partial charge in [-0.2, -0.15) is 13.2 Å². The summed E-state index contributed by atoms with van der Waals surface area (Å²) in [6, 6.07) is 7.91. The summed E-state index contributed by atoms with van der Waals surface area (Å²) in [5.41, 5.74) is -1.72. The molecule has 2 aromatic carbocycles. The van der Waals surface area contributed by atoms with Crippen molar-refractivity contribution in [1.82, 2.24) is 0 Å². The molecule has 0 unspecified atom stereocenters. The maximum absolute atomic E-state index is 13.3. The summed E-state index contributed by atoms with van der Waals surface area (Å²) in [6.45, 7) is 0. The van der Waals surface area contributed by atoms with E-state index in [4.69, 9.17) is 28.3 Å². The van der Waals surface area contributed by atoms with E-state index in [1.807, 2.05) is 0 Å². The molecule has 2 rings (SSSR count). The molecule has 0 bridgehead atoms. The molecular formula is C17H9Cl3F3O3-. The van der Waals surface area contributed by atoms with Crippen LogP contribution in [-0.2, 0) is 0 Å². The molecule has 0 aliphatic carbocycles. The molecule has 0 fully saturated rings. The van der Waals surface area contributed by atoms with E-state index in [0.29, 0.717) is 6.08 Å². The molecule has 0 spiro atoms. The summed E-state index contributed by atoms with van der Waals surface area (Å²) in [4.78, 5) is 22.9. The van der Waals surface area contributed by atoms with Gasteiger partial charge < -0.3 is 17.5 Å². The molecule has 1 N–H and O–H groups in total. The fourth-order valence-corrected chi connectivity index (χ4v) is 2.56. The second-order valence-corrected chi connectivity index (χ2v) is 5.83. The quantitative estimate of drug-likeness (QED) is 0.606. The van der Waals surface area contributed by atoms with E-state index < -0.39 is 23.5 Å². The Morgan fingerprint density at radius 1 is 0.885 bits per heavy atom. The first-order valence-corrected chi connectivity index (χ1v) is 7.46. The first-order chi connectivity index (χ1) is 11.6. The Morgan fingerprint density at radius 3 is 1.77 bits per heavy atom. The van der Waals surface area contributed by atoms with E-state index in [1.165, 1.54) is 6.07 Å². The molecule has 0 atom stereocenters. The third kappa shape index (κ3) is 5.49. The van der Waals surface area contributed by atoms with Crippen molar-refractivity contribution in [3.05, 3.63) is 75.3 Å². The SMILES string of the molecule is O=C(O)c1ccc(C(=O)C=C(c2cc(Cl)cc(Cl)c2)C(F)(F)F)cc1.[Cl-]. The van der Waals surface area contributed by atoms with Crippen LogP contribution in [0.4, 0.5) is 13.2 Å². The molecule has 3 nitrogen and oxygen atoms in total. The molecule has 0 aliphatic rings. The third-order valence-electron chi connectivity index (χ3n) is 3.17. The van der Waals surface area contributed by atoms with E-state index >= 15 is 0 Å². The highest BCUT2D eigenvalue weighted by Gasteiger charge is 2.35. The average molecular weight is 425 g/mol. The van der Waals surface area contributed by atoms with Crippen molar-refractivity contribution in [3.63, 3.8) is 0 Å². The van der Waals surface area contributed by atoms with Gasteiger partial charge in [0.2, 0.25) is 0 Å². The lowest BCUT2D eigenvalue weighted by atomic mass is 10.0. The summed E-state index contributed by atoms with van der Waals surface area (Å²) in [7, 11) is 0. The molecule has 0 saturated heterocycles. The van der Waals surface area contributed by atoms with Gasteiger partial charge in [0.25, 0.3) is 0 Å². The van der Waals surface area contributed by atoms with Crippen LogP contribution in [0.5, 0.6) is 0 Å². The van der Waals surface area contributed by atoms with Crippen molar-refractivity contribution in [2.45, 2.75) is 6.18 Å². The van der Waals surface area contributed by atoms with E-state index in [1.54, 1.807) is 0 Å². The first kappa shape index (κ1) is 22.0. The smallest absolute Gasteiger partial charge is 0.417 e. The molecule has 0 aromatic heterocycles. The van der Waals surface area contributed by atoms with Gasteiger partial charge in [-0.15, -0.1) is 0 Å². The Kier molecular flexibility index (Phi) is 7.26. The largest absolute Gasteiger partial charge is 1.00 e. The average Bonchev–Trinajstić information content (AvgIpc) is 2.50.